The molecule has 2 aromatic carbocycles. The number of hydrogen-bond acceptors (Lipinski definition) is 3. The van der Waals surface area contributed by atoms with E-state index in [1.54, 1.807) is 23.1 Å². The van der Waals surface area contributed by atoms with Crippen LogP contribution < -0.4 is 4.90 Å². The van der Waals surface area contributed by atoms with Crippen LogP contribution in [0.25, 0.3) is 0 Å². The van der Waals surface area contributed by atoms with Gasteiger partial charge in [-0.2, -0.15) is 4.31 Å². The van der Waals surface area contributed by atoms with E-state index in [-0.39, 0.29) is 28.8 Å². The lowest BCUT2D eigenvalue weighted by Crippen LogP contribution is -2.49. The maximum absolute atomic E-state index is 13.8. The highest BCUT2D eigenvalue weighted by atomic mass is 35.5. The Morgan fingerprint density at radius 3 is 2.25 bits per heavy atom. The summed E-state index contributed by atoms with van der Waals surface area (Å²) in [4.78, 5) is 1.68. The van der Waals surface area contributed by atoms with Crippen LogP contribution in [-0.2, 0) is 10.0 Å². The van der Waals surface area contributed by atoms with E-state index in [1.165, 1.54) is 10.4 Å². The van der Waals surface area contributed by atoms with Gasteiger partial charge >= 0.3 is 0 Å². The van der Waals surface area contributed by atoms with Gasteiger partial charge in [0.2, 0.25) is 10.0 Å². The van der Waals surface area contributed by atoms with Gasteiger partial charge in [-0.15, -0.1) is 0 Å². The summed E-state index contributed by atoms with van der Waals surface area (Å²) >= 11 is 5.87. The van der Waals surface area contributed by atoms with Crippen LogP contribution in [0.2, 0.25) is 5.02 Å². The van der Waals surface area contributed by atoms with Crippen LogP contribution in [-0.4, -0.2) is 38.9 Å². The fraction of sp³-hybridized carbons (Fsp3) is 0.250. The van der Waals surface area contributed by atoms with Gasteiger partial charge in [0.05, 0.1) is 10.7 Å². The van der Waals surface area contributed by atoms with Crippen LogP contribution in [0.15, 0.2) is 47.4 Å². The highest BCUT2D eigenvalue weighted by Gasteiger charge is 2.30. The predicted molar refractivity (Wildman–Crippen MR) is 88.8 cm³/mol. The van der Waals surface area contributed by atoms with Crippen LogP contribution in [0.5, 0.6) is 0 Å². The zero-order valence-corrected chi connectivity index (χ0v) is 14.2. The molecule has 1 heterocycles. The molecule has 1 fully saturated rings. The van der Waals surface area contributed by atoms with E-state index < -0.39 is 15.8 Å². The predicted octanol–water partition coefficient (Wildman–Crippen LogP) is 3.13. The number of nitrogens with zero attached hydrogens (tertiary/aromatic N) is 2. The Hall–Kier alpha value is -1.70. The lowest BCUT2D eigenvalue weighted by molar-refractivity contribution is 0.383. The third kappa shape index (κ3) is 3.24. The van der Waals surface area contributed by atoms with Crippen molar-refractivity contribution >= 4 is 27.3 Å². The number of piperazine rings is 1. The van der Waals surface area contributed by atoms with Gasteiger partial charge in [-0.3, -0.25) is 0 Å². The number of benzene rings is 2. The molecule has 8 heteroatoms. The van der Waals surface area contributed by atoms with E-state index in [2.05, 4.69) is 0 Å². The number of sulfonamides is 1. The van der Waals surface area contributed by atoms with E-state index in [0.717, 1.165) is 18.2 Å². The second-order valence-electron chi connectivity index (χ2n) is 5.42. The van der Waals surface area contributed by atoms with Crippen molar-refractivity contribution < 1.29 is 17.2 Å². The smallest absolute Gasteiger partial charge is 0.244 e. The van der Waals surface area contributed by atoms with Crippen LogP contribution in [0.4, 0.5) is 14.5 Å². The number of anilines is 1. The molecule has 128 valence electrons. The molecule has 0 spiro atoms. The Morgan fingerprint density at radius 1 is 0.958 bits per heavy atom. The van der Waals surface area contributed by atoms with Crippen LogP contribution >= 0.6 is 11.6 Å². The van der Waals surface area contributed by atoms with Crippen molar-refractivity contribution in [2.24, 2.45) is 0 Å². The molecule has 0 atom stereocenters. The maximum atomic E-state index is 13.8. The van der Waals surface area contributed by atoms with E-state index in [0.29, 0.717) is 18.8 Å². The third-order valence-corrected chi connectivity index (χ3v) is 6.33. The second kappa shape index (κ2) is 6.66. The zero-order chi connectivity index (χ0) is 17.3. The first kappa shape index (κ1) is 17.1. The number of para-hydroxylation sites is 1. The Kier molecular flexibility index (Phi) is 4.76. The minimum absolute atomic E-state index is 0.120. The molecule has 0 unspecified atom stereocenters. The molecule has 0 N–H and O–H groups in total. The molecule has 4 nitrogen and oxygen atoms in total. The first-order chi connectivity index (χ1) is 11.4. The van der Waals surface area contributed by atoms with Crippen molar-refractivity contribution in [2.45, 2.75) is 4.90 Å². The van der Waals surface area contributed by atoms with E-state index in [9.17, 15) is 17.2 Å². The largest absolute Gasteiger partial charge is 0.367 e. The minimum Gasteiger partial charge on any atom is -0.367 e. The quantitative estimate of drug-likeness (QED) is 0.831. The first-order valence-corrected chi connectivity index (χ1v) is 9.16. The van der Waals surface area contributed by atoms with Crippen molar-refractivity contribution in [1.82, 2.24) is 4.31 Å². The third-order valence-electron chi connectivity index (χ3n) is 3.94. The van der Waals surface area contributed by atoms with Gasteiger partial charge in [0.25, 0.3) is 0 Å². The van der Waals surface area contributed by atoms with E-state index in [1.807, 2.05) is 0 Å². The average Bonchev–Trinajstić information content (AvgIpc) is 2.55. The normalized spacial score (nSPS) is 16.4. The summed E-state index contributed by atoms with van der Waals surface area (Å²) in [6.45, 7) is 1.12. The lowest BCUT2D eigenvalue weighted by Gasteiger charge is -2.35. The monoisotopic (exact) mass is 372 g/mol. The molecule has 0 amide bonds. The van der Waals surface area contributed by atoms with Gasteiger partial charge in [0.1, 0.15) is 16.5 Å². The highest BCUT2D eigenvalue weighted by Crippen LogP contribution is 2.27. The summed E-state index contributed by atoms with van der Waals surface area (Å²) in [6.07, 6.45) is 0. The van der Waals surface area contributed by atoms with E-state index in [4.69, 9.17) is 11.6 Å². The summed E-state index contributed by atoms with van der Waals surface area (Å²) in [5.74, 6) is -0.932. The molecule has 0 aromatic heterocycles. The Labute approximate surface area is 144 Å². The second-order valence-corrected chi connectivity index (χ2v) is 7.73. The van der Waals surface area contributed by atoms with Crippen molar-refractivity contribution in [3.8, 4) is 0 Å². The topological polar surface area (TPSA) is 40.6 Å². The summed E-state index contributed by atoms with van der Waals surface area (Å²) in [5.41, 5.74) is 0.453. The molecule has 0 radical (unpaired) electrons. The molecule has 3 rings (SSSR count). The van der Waals surface area contributed by atoms with E-state index >= 15 is 0 Å². The zero-order valence-electron chi connectivity index (χ0n) is 12.6. The Balaban J connectivity index is 1.78. The fourth-order valence-electron chi connectivity index (χ4n) is 2.70. The molecule has 0 bridgehead atoms. The Bertz CT molecular complexity index is 853. The maximum Gasteiger partial charge on any atom is 0.244 e. The fourth-order valence-corrected chi connectivity index (χ4v) is 4.63. The van der Waals surface area contributed by atoms with Crippen LogP contribution in [0, 0.1) is 11.6 Å². The SMILES string of the molecule is O=S(=O)(c1ccc(F)cc1Cl)N1CCN(c2ccccc2F)CC1. The molecule has 2 aromatic rings. The summed E-state index contributed by atoms with van der Waals surface area (Å²) in [5, 5.41) is -0.147. The summed E-state index contributed by atoms with van der Waals surface area (Å²) in [6, 6.07) is 9.58. The van der Waals surface area contributed by atoms with Gasteiger partial charge in [-0.1, -0.05) is 23.7 Å². The molecule has 0 saturated carbocycles. The molecule has 1 aliphatic heterocycles. The molecule has 0 aliphatic carbocycles. The number of rotatable bonds is 3. The van der Waals surface area contributed by atoms with Crippen LogP contribution in [0.3, 0.4) is 0 Å². The molecule has 1 saturated heterocycles. The molecular formula is C16H15ClF2N2O2S. The summed E-state index contributed by atoms with van der Waals surface area (Å²) in [7, 11) is -3.81. The average molecular weight is 373 g/mol. The molecule has 24 heavy (non-hydrogen) atoms. The minimum atomic E-state index is -3.81. The Morgan fingerprint density at radius 2 is 1.62 bits per heavy atom. The van der Waals surface area contributed by atoms with Gasteiger partial charge < -0.3 is 4.90 Å². The van der Waals surface area contributed by atoms with Crippen molar-refractivity contribution in [1.29, 1.82) is 0 Å². The van der Waals surface area contributed by atoms with Crippen molar-refractivity contribution in [3.63, 3.8) is 0 Å². The van der Waals surface area contributed by atoms with Crippen molar-refractivity contribution in [3.05, 3.63) is 59.1 Å². The highest BCUT2D eigenvalue weighted by molar-refractivity contribution is 7.89. The first-order valence-electron chi connectivity index (χ1n) is 7.34. The van der Waals surface area contributed by atoms with Gasteiger partial charge in [0.15, 0.2) is 0 Å². The lowest BCUT2D eigenvalue weighted by atomic mass is 10.2. The van der Waals surface area contributed by atoms with Crippen LogP contribution in [0.1, 0.15) is 0 Å². The van der Waals surface area contributed by atoms with Gasteiger partial charge in [0, 0.05) is 26.2 Å². The molecule has 1 aliphatic rings. The van der Waals surface area contributed by atoms with Gasteiger partial charge in [-0.05, 0) is 30.3 Å². The standard InChI is InChI=1S/C16H15ClF2N2O2S/c17-13-11-12(18)5-6-16(13)24(22,23)21-9-7-20(8-10-21)15-4-2-1-3-14(15)19/h1-6,11H,7-10H2. The van der Waals surface area contributed by atoms with Crippen molar-refractivity contribution in [2.75, 3.05) is 31.1 Å². The van der Waals surface area contributed by atoms with Gasteiger partial charge in [-0.25, -0.2) is 17.2 Å². The number of halogens is 3. The number of hydrogen-bond donors (Lipinski definition) is 0. The summed E-state index contributed by atoms with van der Waals surface area (Å²) < 4.78 is 53.5. The molecular weight excluding hydrogens is 358 g/mol.